The van der Waals surface area contributed by atoms with Crippen LogP contribution in [-0.4, -0.2) is 17.2 Å². The standard InChI is InChI=1S/C17H34O2.C7H8O/c1-4-5-6-7-8-9-10-11-12-13-14-15-17(18)19-16(2)3;8-6-7-4-2-1-3-5-7/h16H,4-15H2,1-3H3;1-5,8H,6H2. The fourth-order valence-corrected chi connectivity index (χ4v) is 2.84. The zero-order valence-corrected chi connectivity index (χ0v) is 17.9. The van der Waals surface area contributed by atoms with Crippen molar-refractivity contribution >= 4 is 5.97 Å². The second-order valence-electron chi connectivity index (χ2n) is 7.47. The summed E-state index contributed by atoms with van der Waals surface area (Å²) in [6.07, 6.45) is 15.1. The van der Waals surface area contributed by atoms with Crippen LogP contribution in [0.2, 0.25) is 0 Å². The first-order valence-corrected chi connectivity index (χ1v) is 10.9. The number of aliphatic hydroxyl groups excluding tert-OH is 1. The number of ether oxygens (including phenoxy) is 1. The molecule has 0 fully saturated rings. The van der Waals surface area contributed by atoms with Crippen LogP contribution in [0.1, 0.15) is 103 Å². The van der Waals surface area contributed by atoms with Gasteiger partial charge in [-0.2, -0.15) is 0 Å². The Hall–Kier alpha value is -1.35. The Bertz CT molecular complexity index is 429. The Morgan fingerprint density at radius 1 is 0.852 bits per heavy atom. The van der Waals surface area contributed by atoms with Crippen molar-refractivity contribution in [3.8, 4) is 0 Å². The lowest BCUT2D eigenvalue weighted by Crippen LogP contribution is -2.10. The van der Waals surface area contributed by atoms with E-state index in [9.17, 15) is 4.79 Å². The molecular formula is C24H42O3. The second kappa shape index (κ2) is 19.4. The van der Waals surface area contributed by atoms with Gasteiger partial charge in [-0.25, -0.2) is 0 Å². The molecule has 0 radical (unpaired) electrons. The highest BCUT2D eigenvalue weighted by Gasteiger charge is 2.04. The lowest BCUT2D eigenvalue weighted by Gasteiger charge is -2.07. The van der Waals surface area contributed by atoms with Gasteiger partial charge in [-0.3, -0.25) is 4.79 Å². The van der Waals surface area contributed by atoms with E-state index in [1.54, 1.807) is 0 Å². The molecule has 1 rings (SSSR count). The van der Waals surface area contributed by atoms with E-state index in [1.807, 2.05) is 44.2 Å². The van der Waals surface area contributed by atoms with Gasteiger partial charge in [0, 0.05) is 6.42 Å². The average molecular weight is 379 g/mol. The van der Waals surface area contributed by atoms with E-state index < -0.39 is 0 Å². The van der Waals surface area contributed by atoms with Crippen LogP contribution in [0.25, 0.3) is 0 Å². The fraction of sp³-hybridized carbons (Fsp3) is 0.708. The van der Waals surface area contributed by atoms with Crippen molar-refractivity contribution in [2.24, 2.45) is 0 Å². The van der Waals surface area contributed by atoms with Crippen molar-refractivity contribution in [3.63, 3.8) is 0 Å². The van der Waals surface area contributed by atoms with Crippen LogP contribution in [0.4, 0.5) is 0 Å². The number of aliphatic hydroxyl groups is 1. The third-order valence-corrected chi connectivity index (χ3v) is 4.38. The van der Waals surface area contributed by atoms with Crippen LogP contribution in [0, 0.1) is 0 Å². The maximum Gasteiger partial charge on any atom is 0.306 e. The molecule has 0 bridgehead atoms. The number of carbonyl (C=O) groups is 1. The highest BCUT2D eigenvalue weighted by atomic mass is 16.5. The number of esters is 1. The van der Waals surface area contributed by atoms with E-state index >= 15 is 0 Å². The maximum atomic E-state index is 11.3. The van der Waals surface area contributed by atoms with Crippen molar-refractivity contribution < 1.29 is 14.6 Å². The summed E-state index contributed by atoms with van der Waals surface area (Å²) in [5.74, 6) is -0.0362. The van der Waals surface area contributed by atoms with E-state index in [2.05, 4.69) is 6.92 Å². The number of hydrogen-bond donors (Lipinski definition) is 1. The van der Waals surface area contributed by atoms with Crippen molar-refractivity contribution in [2.75, 3.05) is 0 Å². The minimum absolute atomic E-state index is 0.0280. The van der Waals surface area contributed by atoms with Crippen LogP contribution in [0.5, 0.6) is 0 Å². The molecule has 0 atom stereocenters. The third kappa shape index (κ3) is 19.2. The molecule has 0 amide bonds. The first-order chi connectivity index (χ1) is 13.1. The molecule has 0 heterocycles. The number of benzene rings is 1. The molecule has 0 saturated heterocycles. The molecule has 3 heteroatoms. The summed E-state index contributed by atoms with van der Waals surface area (Å²) < 4.78 is 5.10. The summed E-state index contributed by atoms with van der Waals surface area (Å²) in [5, 5.41) is 8.54. The molecular weight excluding hydrogens is 336 g/mol. The zero-order chi connectivity index (χ0) is 20.2. The Labute approximate surface area is 167 Å². The molecule has 0 aliphatic heterocycles. The minimum Gasteiger partial charge on any atom is -0.463 e. The number of unbranched alkanes of at least 4 members (excludes halogenated alkanes) is 10. The molecule has 27 heavy (non-hydrogen) atoms. The summed E-state index contributed by atoms with van der Waals surface area (Å²) in [6, 6.07) is 9.52. The summed E-state index contributed by atoms with van der Waals surface area (Å²) in [7, 11) is 0. The molecule has 1 aromatic carbocycles. The number of rotatable bonds is 14. The molecule has 3 nitrogen and oxygen atoms in total. The highest BCUT2D eigenvalue weighted by molar-refractivity contribution is 5.69. The van der Waals surface area contributed by atoms with Gasteiger partial charge in [-0.05, 0) is 25.8 Å². The van der Waals surface area contributed by atoms with Crippen molar-refractivity contribution in [1.29, 1.82) is 0 Å². The predicted molar refractivity (Wildman–Crippen MR) is 115 cm³/mol. The van der Waals surface area contributed by atoms with E-state index in [1.165, 1.54) is 64.2 Å². The van der Waals surface area contributed by atoms with Crippen molar-refractivity contribution in [2.45, 2.75) is 111 Å². The Morgan fingerprint density at radius 3 is 1.74 bits per heavy atom. The SMILES string of the molecule is CCCCCCCCCCCCCC(=O)OC(C)C.OCc1ccccc1. The Morgan fingerprint density at radius 2 is 1.33 bits per heavy atom. The van der Waals surface area contributed by atoms with Gasteiger partial charge in [0.05, 0.1) is 12.7 Å². The van der Waals surface area contributed by atoms with Gasteiger partial charge in [0.25, 0.3) is 0 Å². The van der Waals surface area contributed by atoms with Crippen LogP contribution in [0.3, 0.4) is 0 Å². The quantitative estimate of drug-likeness (QED) is 0.285. The molecule has 0 aliphatic carbocycles. The summed E-state index contributed by atoms with van der Waals surface area (Å²) >= 11 is 0. The first kappa shape index (κ1) is 25.6. The van der Waals surface area contributed by atoms with Gasteiger partial charge in [0.2, 0.25) is 0 Å². The largest absolute Gasteiger partial charge is 0.463 e. The minimum atomic E-state index is -0.0362. The van der Waals surface area contributed by atoms with E-state index in [0.717, 1.165) is 12.0 Å². The monoisotopic (exact) mass is 378 g/mol. The number of hydrogen-bond acceptors (Lipinski definition) is 3. The van der Waals surface area contributed by atoms with Gasteiger partial charge >= 0.3 is 5.97 Å². The summed E-state index contributed by atoms with van der Waals surface area (Å²) in [4.78, 5) is 11.3. The molecule has 0 unspecified atom stereocenters. The first-order valence-electron chi connectivity index (χ1n) is 10.9. The molecule has 0 spiro atoms. The highest BCUT2D eigenvalue weighted by Crippen LogP contribution is 2.12. The van der Waals surface area contributed by atoms with Gasteiger partial charge in [0.1, 0.15) is 0 Å². The van der Waals surface area contributed by atoms with Crippen molar-refractivity contribution in [3.05, 3.63) is 35.9 Å². The predicted octanol–water partition coefficient (Wildman–Crippen LogP) is 6.82. The van der Waals surface area contributed by atoms with Gasteiger partial charge < -0.3 is 9.84 Å². The van der Waals surface area contributed by atoms with Gasteiger partial charge in [-0.1, -0.05) is 101 Å². The normalized spacial score (nSPS) is 10.4. The van der Waals surface area contributed by atoms with E-state index in [0.29, 0.717) is 6.42 Å². The Balaban J connectivity index is 0.000000694. The molecule has 1 aromatic rings. The van der Waals surface area contributed by atoms with Crippen LogP contribution >= 0.6 is 0 Å². The molecule has 156 valence electrons. The lowest BCUT2D eigenvalue weighted by molar-refractivity contribution is -0.147. The molecule has 0 aromatic heterocycles. The maximum absolute atomic E-state index is 11.3. The van der Waals surface area contributed by atoms with Gasteiger partial charge in [0.15, 0.2) is 0 Å². The van der Waals surface area contributed by atoms with Crippen LogP contribution < -0.4 is 0 Å². The summed E-state index contributed by atoms with van der Waals surface area (Å²) in [5.41, 5.74) is 0.965. The fourth-order valence-electron chi connectivity index (χ4n) is 2.84. The van der Waals surface area contributed by atoms with Gasteiger partial charge in [-0.15, -0.1) is 0 Å². The van der Waals surface area contributed by atoms with E-state index in [4.69, 9.17) is 9.84 Å². The smallest absolute Gasteiger partial charge is 0.306 e. The molecule has 0 aliphatic rings. The molecule has 0 saturated carbocycles. The Kier molecular flexibility index (Phi) is 18.4. The van der Waals surface area contributed by atoms with Crippen molar-refractivity contribution in [1.82, 2.24) is 0 Å². The third-order valence-electron chi connectivity index (χ3n) is 4.38. The molecule has 1 N–H and O–H groups in total. The average Bonchev–Trinajstić information content (AvgIpc) is 2.66. The number of carbonyl (C=O) groups excluding carboxylic acids is 1. The topological polar surface area (TPSA) is 46.5 Å². The zero-order valence-electron chi connectivity index (χ0n) is 17.9. The van der Waals surface area contributed by atoms with Crippen LogP contribution in [-0.2, 0) is 16.1 Å². The lowest BCUT2D eigenvalue weighted by atomic mass is 10.1. The summed E-state index contributed by atoms with van der Waals surface area (Å²) in [6.45, 7) is 6.20. The second-order valence-corrected chi connectivity index (χ2v) is 7.47. The van der Waals surface area contributed by atoms with E-state index in [-0.39, 0.29) is 18.7 Å². The van der Waals surface area contributed by atoms with Crippen LogP contribution in [0.15, 0.2) is 30.3 Å².